The lowest BCUT2D eigenvalue weighted by Gasteiger charge is -2.29. The Morgan fingerprint density at radius 1 is 1.05 bits per heavy atom. The summed E-state index contributed by atoms with van der Waals surface area (Å²) in [5.41, 5.74) is -0.256. The Bertz CT molecular complexity index is 397. The van der Waals surface area contributed by atoms with Crippen molar-refractivity contribution in [1.82, 2.24) is 0 Å². The molecular weight excluding hydrogens is 252 g/mol. The smallest absolute Gasteiger partial charge is 0.199 e. The molecule has 2 atom stereocenters. The first-order chi connectivity index (χ1) is 9.57. The number of nitrogens with zero attached hydrogens (tertiary/aromatic N) is 2. The van der Waals surface area contributed by atoms with Crippen molar-refractivity contribution in [2.45, 2.75) is 66.0 Å². The zero-order valence-corrected chi connectivity index (χ0v) is 13.5. The summed E-state index contributed by atoms with van der Waals surface area (Å²) >= 11 is 0. The minimum Gasteiger partial charge on any atom is -0.478 e. The van der Waals surface area contributed by atoms with E-state index < -0.39 is 0 Å². The lowest BCUT2D eigenvalue weighted by molar-refractivity contribution is 0.237. The molecule has 0 aromatic heterocycles. The van der Waals surface area contributed by atoms with Gasteiger partial charge >= 0.3 is 0 Å². The second kappa shape index (κ2) is 6.15. The molecule has 0 fully saturated rings. The van der Waals surface area contributed by atoms with Crippen LogP contribution in [0.3, 0.4) is 0 Å². The van der Waals surface area contributed by atoms with Crippen LogP contribution < -0.4 is 0 Å². The van der Waals surface area contributed by atoms with Gasteiger partial charge in [-0.2, -0.15) is 0 Å². The maximum absolute atomic E-state index is 5.94. The summed E-state index contributed by atoms with van der Waals surface area (Å²) in [4.78, 5) is 9.60. The van der Waals surface area contributed by atoms with Crippen molar-refractivity contribution >= 4 is 11.8 Å². The summed E-state index contributed by atoms with van der Waals surface area (Å²) in [6.07, 6.45) is 2.86. The molecule has 0 spiro atoms. The maximum Gasteiger partial charge on any atom is 0.199 e. The number of hydrogen-bond donors (Lipinski definition) is 0. The average molecular weight is 280 g/mol. The van der Waals surface area contributed by atoms with Crippen molar-refractivity contribution in [3.05, 3.63) is 0 Å². The Morgan fingerprint density at radius 2 is 1.65 bits per heavy atom. The van der Waals surface area contributed by atoms with Gasteiger partial charge in [0, 0.05) is 0 Å². The van der Waals surface area contributed by atoms with Gasteiger partial charge in [0.1, 0.15) is 18.6 Å². The van der Waals surface area contributed by atoms with E-state index in [1.807, 2.05) is 0 Å². The second-order valence-corrected chi connectivity index (χ2v) is 6.15. The number of ether oxygens (including phenoxy) is 2. The fourth-order valence-electron chi connectivity index (χ4n) is 2.83. The molecule has 0 aliphatic carbocycles. The predicted molar refractivity (Wildman–Crippen MR) is 82.5 cm³/mol. The lowest BCUT2D eigenvalue weighted by atomic mass is 9.81. The molecule has 2 aliphatic heterocycles. The van der Waals surface area contributed by atoms with Crippen LogP contribution in [0.25, 0.3) is 0 Å². The molecule has 0 aromatic rings. The van der Waals surface area contributed by atoms with E-state index in [9.17, 15) is 0 Å². The highest BCUT2D eigenvalue weighted by Gasteiger charge is 2.46. The average Bonchev–Trinajstić information content (AvgIpc) is 3.10. The fourth-order valence-corrected chi connectivity index (χ4v) is 2.83. The first-order valence-corrected chi connectivity index (χ1v) is 7.99. The minimum atomic E-state index is -0.256. The number of aliphatic imine (C=N–C) groups is 2. The van der Waals surface area contributed by atoms with Crippen molar-refractivity contribution in [2.24, 2.45) is 21.3 Å². The van der Waals surface area contributed by atoms with Gasteiger partial charge in [-0.05, 0) is 25.2 Å². The monoisotopic (exact) mass is 280 g/mol. The van der Waals surface area contributed by atoms with Crippen LogP contribution in [0, 0.1) is 11.3 Å². The maximum atomic E-state index is 5.94. The van der Waals surface area contributed by atoms with Crippen LogP contribution >= 0.6 is 0 Å². The molecule has 114 valence electrons. The second-order valence-electron chi connectivity index (χ2n) is 6.15. The third-order valence-electron chi connectivity index (χ3n) is 4.65. The lowest BCUT2D eigenvalue weighted by Crippen LogP contribution is -2.39. The molecule has 2 aliphatic rings. The van der Waals surface area contributed by atoms with Crippen molar-refractivity contribution in [3.8, 4) is 0 Å². The highest BCUT2D eigenvalue weighted by Crippen LogP contribution is 2.37. The predicted octanol–water partition coefficient (Wildman–Crippen LogP) is 3.45. The van der Waals surface area contributed by atoms with Crippen molar-refractivity contribution in [1.29, 1.82) is 0 Å². The summed E-state index contributed by atoms with van der Waals surface area (Å²) in [5, 5.41) is 0. The largest absolute Gasteiger partial charge is 0.478 e. The minimum absolute atomic E-state index is 0.256. The van der Waals surface area contributed by atoms with Gasteiger partial charge in [0.15, 0.2) is 11.8 Å². The van der Waals surface area contributed by atoms with Gasteiger partial charge in [0.25, 0.3) is 0 Å². The quantitative estimate of drug-likeness (QED) is 0.748. The molecule has 2 rings (SSSR count). The van der Waals surface area contributed by atoms with Gasteiger partial charge in [-0.3, -0.25) is 0 Å². The fraction of sp³-hybridized carbons (Fsp3) is 0.875. The third kappa shape index (κ3) is 2.57. The molecule has 4 nitrogen and oxygen atoms in total. The zero-order chi connectivity index (χ0) is 14.8. The molecule has 0 aromatic carbocycles. The Morgan fingerprint density at radius 3 is 2.10 bits per heavy atom. The molecule has 0 radical (unpaired) electrons. The van der Waals surface area contributed by atoms with Crippen LogP contribution in [-0.2, 0) is 9.47 Å². The van der Waals surface area contributed by atoms with E-state index in [2.05, 4.69) is 34.6 Å². The van der Waals surface area contributed by atoms with E-state index in [0.717, 1.165) is 31.1 Å². The molecule has 0 N–H and O–H groups in total. The summed E-state index contributed by atoms with van der Waals surface area (Å²) < 4.78 is 11.8. The molecule has 0 unspecified atom stereocenters. The van der Waals surface area contributed by atoms with Crippen molar-refractivity contribution < 1.29 is 9.47 Å². The highest BCUT2D eigenvalue weighted by molar-refractivity contribution is 6.06. The summed E-state index contributed by atoms with van der Waals surface area (Å²) in [6, 6.07) is 0.567. The molecule has 20 heavy (non-hydrogen) atoms. The normalized spacial score (nSPS) is 26.3. The number of rotatable bonds is 6. The highest BCUT2D eigenvalue weighted by atomic mass is 16.5. The standard InChI is InChI=1S/C16H28N2O2/c1-6-12-9-19-14(17-12)16(7-2,8-3)15-18-13(10-20-15)11(4)5/h11-13H,6-10H2,1-5H3/t12-,13+/m0/s1. The van der Waals surface area contributed by atoms with Crippen LogP contribution in [0.15, 0.2) is 9.98 Å². The van der Waals surface area contributed by atoms with E-state index in [1.165, 1.54) is 0 Å². The van der Waals surface area contributed by atoms with Gasteiger partial charge < -0.3 is 9.47 Å². The van der Waals surface area contributed by atoms with E-state index in [1.54, 1.807) is 0 Å². The molecular formula is C16H28N2O2. The van der Waals surface area contributed by atoms with Crippen LogP contribution in [0.2, 0.25) is 0 Å². The molecule has 0 bridgehead atoms. The van der Waals surface area contributed by atoms with Crippen molar-refractivity contribution in [2.75, 3.05) is 13.2 Å². The number of hydrogen-bond acceptors (Lipinski definition) is 4. The zero-order valence-electron chi connectivity index (χ0n) is 13.5. The first kappa shape index (κ1) is 15.3. The van der Waals surface area contributed by atoms with E-state index in [0.29, 0.717) is 25.2 Å². The van der Waals surface area contributed by atoms with Gasteiger partial charge in [-0.1, -0.05) is 34.6 Å². The van der Waals surface area contributed by atoms with E-state index in [4.69, 9.17) is 19.5 Å². The summed E-state index contributed by atoms with van der Waals surface area (Å²) in [7, 11) is 0. The van der Waals surface area contributed by atoms with Crippen LogP contribution in [0.1, 0.15) is 53.9 Å². The van der Waals surface area contributed by atoms with Crippen LogP contribution in [0.4, 0.5) is 0 Å². The van der Waals surface area contributed by atoms with Gasteiger partial charge in [-0.15, -0.1) is 0 Å². The van der Waals surface area contributed by atoms with E-state index in [-0.39, 0.29) is 11.5 Å². The Labute approximate surface area is 122 Å². The summed E-state index contributed by atoms with van der Waals surface area (Å²) in [5.74, 6) is 2.20. The van der Waals surface area contributed by atoms with Gasteiger partial charge in [-0.25, -0.2) is 9.98 Å². The Kier molecular flexibility index (Phi) is 4.71. The van der Waals surface area contributed by atoms with Crippen LogP contribution in [0.5, 0.6) is 0 Å². The van der Waals surface area contributed by atoms with Gasteiger partial charge in [0.2, 0.25) is 0 Å². The first-order valence-electron chi connectivity index (χ1n) is 7.99. The third-order valence-corrected chi connectivity index (χ3v) is 4.65. The van der Waals surface area contributed by atoms with Gasteiger partial charge in [0.05, 0.1) is 12.1 Å². The SMILES string of the molecule is CC[C@H]1COC(C(CC)(CC)C2=N[C@@H](C(C)C)CO2)=N1. The summed E-state index contributed by atoms with van der Waals surface area (Å²) in [6.45, 7) is 12.3. The molecule has 0 amide bonds. The Hall–Kier alpha value is -1.06. The van der Waals surface area contributed by atoms with Crippen molar-refractivity contribution in [3.63, 3.8) is 0 Å². The molecule has 0 saturated heterocycles. The topological polar surface area (TPSA) is 43.2 Å². The molecule has 0 saturated carbocycles. The Balaban J connectivity index is 2.29. The molecule has 4 heteroatoms. The van der Waals surface area contributed by atoms with Crippen LogP contribution in [-0.4, -0.2) is 37.1 Å². The van der Waals surface area contributed by atoms with E-state index >= 15 is 0 Å². The molecule has 2 heterocycles.